The summed E-state index contributed by atoms with van der Waals surface area (Å²) in [5, 5.41) is 3.18. The summed E-state index contributed by atoms with van der Waals surface area (Å²) in [5.74, 6) is 0.183. The van der Waals surface area contributed by atoms with Crippen molar-refractivity contribution in [3.8, 4) is 5.75 Å². The largest absolute Gasteiger partial charge is 0.490 e. The number of nitrogens with zero attached hydrogens (tertiary/aromatic N) is 1. The molecule has 0 aromatic heterocycles. The molecule has 0 saturated heterocycles. The molecule has 2 amide bonds. The lowest BCUT2D eigenvalue weighted by molar-refractivity contribution is -0.111. The normalized spacial score (nSPS) is 12.8. The van der Waals surface area contributed by atoms with E-state index < -0.39 is 0 Å². The molecule has 5 nitrogen and oxygen atoms in total. The van der Waals surface area contributed by atoms with Crippen molar-refractivity contribution in [1.82, 2.24) is 0 Å². The highest BCUT2D eigenvalue weighted by Gasteiger charge is 2.25. The van der Waals surface area contributed by atoms with E-state index in [2.05, 4.69) is 11.9 Å². The van der Waals surface area contributed by atoms with E-state index in [4.69, 9.17) is 16.3 Å². The maximum absolute atomic E-state index is 12.8. The van der Waals surface area contributed by atoms with Crippen molar-refractivity contribution in [2.45, 2.75) is 0 Å². The minimum atomic E-state index is -0.300. The highest BCUT2D eigenvalue weighted by Crippen LogP contribution is 2.34. The first-order valence-corrected chi connectivity index (χ1v) is 7.74. The van der Waals surface area contributed by atoms with Gasteiger partial charge in [-0.15, -0.1) is 0 Å². The lowest BCUT2D eigenvalue weighted by atomic mass is 10.1. The van der Waals surface area contributed by atoms with E-state index in [1.807, 2.05) is 0 Å². The Hall–Kier alpha value is -2.79. The van der Waals surface area contributed by atoms with Crippen molar-refractivity contribution < 1.29 is 14.3 Å². The third kappa shape index (κ3) is 3.26. The molecule has 24 heavy (non-hydrogen) atoms. The summed E-state index contributed by atoms with van der Waals surface area (Å²) in [7, 11) is 0. The Morgan fingerprint density at radius 1 is 1.21 bits per heavy atom. The Labute approximate surface area is 144 Å². The van der Waals surface area contributed by atoms with Gasteiger partial charge in [-0.25, -0.2) is 0 Å². The summed E-state index contributed by atoms with van der Waals surface area (Å²) in [6.07, 6.45) is 1.19. The third-order valence-corrected chi connectivity index (χ3v) is 3.85. The van der Waals surface area contributed by atoms with Gasteiger partial charge in [-0.1, -0.05) is 18.2 Å². The molecule has 0 radical (unpaired) electrons. The quantitative estimate of drug-likeness (QED) is 0.868. The zero-order valence-electron chi connectivity index (χ0n) is 12.8. The summed E-state index contributed by atoms with van der Waals surface area (Å²) in [4.78, 5) is 25.7. The molecule has 1 heterocycles. The van der Waals surface area contributed by atoms with Crippen LogP contribution in [0.2, 0.25) is 5.02 Å². The molecule has 6 heteroatoms. The van der Waals surface area contributed by atoms with Gasteiger partial charge in [0.25, 0.3) is 5.91 Å². The first kappa shape index (κ1) is 16.1. The fraction of sp³-hybridized carbons (Fsp3) is 0.111. The zero-order valence-corrected chi connectivity index (χ0v) is 13.5. The number of hydrogen-bond donors (Lipinski definition) is 1. The summed E-state index contributed by atoms with van der Waals surface area (Å²) < 4.78 is 5.56. The van der Waals surface area contributed by atoms with Crippen LogP contribution in [-0.2, 0) is 4.79 Å². The van der Waals surface area contributed by atoms with Crippen molar-refractivity contribution in [3.05, 3.63) is 65.7 Å². The minimum absolute atomic E-state index is 0.150. The fourth-order valence-electron chi connectivity index (χ4n) is 2.45. The molecule has 2 aromatic carbocycles. The summed E-state index contributed by atoms with van der Waals surface area (Å²) >= 11 is 6.03. The monoisotopic (exact) mass is 342 g/mol. The second kappa shape index (κ2) is 6.76. The van der Waals surface area contributed by atoms with Crippen LogP contribution in [0.15, 0.2) is 55.1 Å². The van der Waals surface area contributed by atoms with Crippen LogP contribution in [0.1, 0.15) is 10.4 Å². The molecule has 1 aliphatic heterocycles. The Bertz CT molecular complexity index is 802. The molecule has 2 aromatic rings. The molecule has 1 aliphatic rings. The van der Waals surface area contributed by atoms with Crippen LogP contribution in [0, 0.1) is 0 Å². The number of nitrogens with one attached hydrogen (secondary N) is 1. The lowest BCUT2D eigenvalue weighted by Gasteiger charge is -2.29. The van der Waals surface area contributed by atoms with E-state index in [0.717, 1.165) is 0 Å². The van der Waals surface area contributed by atoms with Crippen molar-refractivity contribution >= 4 is 34.8 Å². The summed E-state index contributed by atoms with van der Waals surface area (Å²) in [6.45, 7) is 4.27. The van der Waals surface area contributed by atoms with Gasteiger partial charge in [0.05, 0.1) is 12.2 Å². The van der Waals surface area contributed by atoms with Crippen LogP contribution in [-0.4, -0.2) is 25.0 Å². The molecule has 3 rings (SSSR count). The van der Waals surface area contributed by atoms with E-state index in [9.17, 15) is 9.59 Å². The third-order valence-electron chi connectivity index (χ3n) is 3.61. The van der Waals surface area contributed by atoms with E-state index in [1.165, 1.54) is 6.08 Å². The molecule has 0 unspecified atom stereocenters. The number of ether oxygens (including phenoxy) is 1. The van der Waals surface area contributed by atoms with Crippen molar-refractivity contribution in [2.24, 2.45) is 0 Å². The predicted octanol–water partition coefficient (Wildman–Crippen LogP) is 3.50. The highest BCUT2D eigenvalue weighted by atomic mass is 35.5. The average Bonchev–Trinajstić information content (AvgIpc) is 2.61. The smallest absolute Gasteiger partial charge is 0.258 e. The maximum Gasteiger partial charge on any atom is 0.258 e. The fourth-order valence-corrected chi connectivity index (χ4v) is 2.61. The van der Waals surface area contributed by atoms with E-state index in [0.29, 0.717) is 40.9 Å². The SMILES string of the molecule is C=CC(=O)Nc1ccc(C(=O)N2CCOc3ccc(Cl)cc32)cc1. The molecule has 0 fully saturated rings. The van der Waals surface area contributed by atoms with Gasteiger partial charge in [0.15, 0.2) is 0 Å². The van der Waals surface area contributed by atoms with Gasteiger partial charge in [-0.05, 0) is 48.5 Å². The van der Waals surface area contributed by atoms with Crippen LogP contribution in [0.4, 0.5) is 11.4 Å². The second-order valence-corrected chi connectivity index (χ2v) is 5.62. The van der Waals surface area contributed by atoms with Crippen molar-refractivity contribution in [3.63, 3.8) is 0 Å². The molecule has 122 valence electrons. The standard InChI is InChI=1S/C18H15ClN2O3/c1-2-17(22)20-14-6-3-12(4-7-14)18(23)21-9-10-24-16-8-5-13(19)11-15(16)21/h2-8,11H,1,9-10H2,(H,20,22). The Kier molecular flexibility index (Phi) is 4.53. The molecule has 0 bridgehead atoms. The number of rotatable bonds is 3. The van der Waals surface area contributed by atoms with E-state index >= 15 is 0 Å². The number of benzene rings is 2. The topological polar surface area (TPSA) is 58.6 Å². The van der Waals surface area contributed by atoms with Crippen LogP contribution >= 0.6 is 11.6 Å². The van der Waals surface area contributed by atoms with Gasteiger partial charge < -0.3 is 15.0 Å². The first-order chi connectivity index (χ1) is 11.6. The second-order valence-electron chi connectivity index (χ2n) is 5.19. The first-order valence-electron chi connectivity index (χ1n) is 7.36. The number of amides is 2. The van der Waals surface area contributed by atoms with Gasteiger partial charge >= 0.3 is 0 Å². The van der Waals surface area contributed by atoms with Gasteiger partial charge in [0.1, 0.15) is 12.4 Å². The number of carbonyl (C=O) groups is 2. The summed E-state index contributed by atoms with van der Waals surface area (Å²) in [6, 6.07) is 11.9. The van der Waals surface area contributed by atoms with Gasteiger partial charge in [-0.3, -0.25) is 9.59 Å². The van der Waals surface area contributed by atoms with Crippen molar-refractivity contribution in [1.29, 1.82) is 0 Å². The Morgan fingerprint density at radius 2 is 1.96 bits per heavy atom. The molecule has 1 N–H and O–H groups in total. The van der Waals surface area contributed by atoms with Gasteiger partial charge in [-0.2, -0.15) is 0 Å². The predicted molar refractivity (Wildman–Crippen MR) is 93.9 cm³/mol. The number of halogens is 1. The Morgan fingerprint density at radius 3 is 2.67 bits per heavy atom. The molecule has 0 aliphatic carbocycles. The minimum Gasteiger partial charge on any atom is -0.490 e. The van der Waals surface area contributed by atoms with Gasteiger partial charge in [0.2, 0.25) is 5.91 Å². The molecule has 0 saturated carbocycles. The summed E-state index contributed by atoms with van der Waals surface area (Å²) in [5.41, 5.74) is 1.77. The number of hydrogen-bond acceptors (Lipinski definition) is 3. The Balaban J connectivity index is 1.84. The van der Waals surface area contributed by atoms with E-state index in [1.54, 1.807) is 47.4 Å². The highest BCUT2D eigenvalue weighted by molar-refractivity contribution is 6.31. The molecular formula is C18H15ClN2O3. The lowest BCUT2D eigenvalue weighted by Crippen LogP contribution is -2.37. The maximum atomic E-state index is 12.8. The number of fused-ring (bicyclic) bond motifs is 1. The van der Waals surface area contributed by atoms with Crippen LogP contribution < -0.4 is 15.0 Å². The average molecular weight is 343 g/mol. The number of anilines is 2. The molecular weight excluding hydrogens is 328 g/mol. The van der Waals surface area contributed by atoms with Crippen LogP contribution in [0.3, 0.4) is 0 Å². The van der Waals surface area contributed by atoms with E-state index in [-0.39, 0.29) is 11.8 Å². The molecule has 0 spiro atoms. The zero-order chi connectivity index (χ0) is 17.1. The number of carbonyl (C=O) groups excluding carboxylic acids is 2. The van der Waals surface area contributed by atoms with Crippen LogP contribution in [0.25, 0.3) is 0 Å². The van der Waals surface area contributed by atoms with Crippen LogP contribution in [0.5, 0.6) is 5.75 Å². The van der Waals surface area contributed by atoms with Crippen molar-refractivity contribution in [2.75, 3.05) is 23.4 Å². The van der Waals surface area contributed by atoms with Gasteiger partial charge in [0, 0.05) is 16.3 Å². The molecule has 0 atom stereocenters.